The normalized spacial score (nSPS) is 16.1. The molecular weight excluding hydrogens is 302 g/mol. The fourth-order valence-corrected chi connectivity index (χ4v) is 4.31. The van der Waals surface area contributed by atoms with Gasteiger partial charge >= 0.3 is 0 Å². The molecule has 0 atom stereocenters. The number of benzene rings is 2. The van der Waals surface area contributed by atoms with Gasteiger partial charge < -0.3 is 0 Å². The Morgan fingerprint density at radius 1 is 0.920 bits per heavy atom. The van der Waals surface area contributed by atoms with Crippen LogP contribution < -0.4 is 0 Å². The topological polar surface area (TPSA) is 3.01 Å². The number of rotatable bonds is 7. The Bertz CT molecular complexity index is 780. The van der Waals surface area contributed by atoms with Gasteiger partial charge in [-0.15, -0.1) is 0 Å². The van der Waals surface area contributed by atoms with Crippen LogP contribution in [0.2, 0.25) is 0 Å². The number of unbranched alkanes of at least 4 members (excludes halogenated alkanes) is 3. The SMILES string of the molecule is CC1=[N+](CCCCCCC(C)C)c2ccc3ccccc3c2C1(C)C. The molecule has 0 saturated heterocycles. The Balaban J connectivity index is 1.78. The molecule has 25 heavy (non-hydrogen) atoms. The molecule has 1 aliphatic heterocycles. The Labute approximate surface area is 153 Å². The highest BCUT2D eigenvalue weighted by atomic mass is 15.1. The fraction of sp³-hybridized carbons (Fsp3) is 0.542. The molecule has 0 aliphatic carbocycles. The second-order valence-electron chi connectivity index (χ2n) is 8.64. The first kappa shape index (κ1) is 18.2. The number of nitrogens with zero attached hydrogens (tertiary/aromatic N) is 1. The average Bonchev–Trinajstić information content (AvgIpc) is 2.78. The van der Waals surface area contributed by atoms with Crippen LogP contribution in [-0.4, -0.2) is 16.8 Å². The first-order chi connectivity index (χ1) is 11.9. The second kappa shape index (κ2) is 7.32. The van der Waals surface area contributed by atoms with Gasteiger partial charge in [0.25, 0.3) is 0 Å². The first-order valence-electron chi connectivity index (χ1n) is 10.1. The van der Waals surface area contributed by atoms with Gasteiger partial charge in [-0.25, -0.2) is 0 Å². The van der Waals surface area contributed by atoms with E-state index in [9.17, 15) is 0 Å². The van der Waals surface area contributed by atoms with E-state index in [-0.39, 0.29) is 5.41 Å². The van der Waals surface area contributed by atoms with Crippen LogP contribution in [0.4, 0.5) is 5.69 Å². The number of fused-ring (bicyclic) bond motifs is 3. The van der Waals surface area contributed by atoms with Crippen molar-refractivity contribution in [2.24, 2.45) is 5.92 Å². The van der Waals surface area contributed by atoms with Gasteiger partial charge in [-0.2, -0.15) is 4.58 Å². The van der Waals surface area contributed by atoms with E-state index in [1.165, 1.54) is 59.8 Å². The summed E-state index contributed by atoms with van der Waals surface area (Å²) in [4.78, 5) is 0. The minimum atomic E-state index is 0.119. The Kier molecular flexibility index (Phi) is 5.32. The summed E-state index contributed by atoms with van der Waals surface area (Å²) in [7, 11) is 0. The van der Waals surface area contributed by atoms with E-state index in [2.05, 4.69) is 75.6 Å². The summed E-state index contributed by atoms with van der Waals surface area (Å²) in [6, 6.07) is 13.5. The smallest absolute Gasteiger partial charge is 0.199 e. The third-order valence-corrected chi connectivity index (χ3v) is 6.05. The predicted molar refractivity (Wildman–Crippen MR) is 110 cm³/mol. The zero-order valence-electron chi connectivity index (χ0n) is 16.7. The van der Waals surface area contributed by atoms with Gasteiger partial charge in [0.1, 0.15) is 6.54 Å². The summed E-state index contributed by atoms with van der Waals surface area (Å²) < 4.78 is 2.59. The molecule has 1 heterocycles. The number of hydrogen-bond acceptors (Lipinski definition) is 0. The van der Waals surface area contributed by atoms with E-state index in [4.69, 9.17) is 0 Å². The molecule has 134 valence electrons. The lowest BCUT2D eigenvalue weighted by molar-refractivity contribution is -0.439. The van der Waals surface area contributed by atoms with Crippen LogP contribution >= 0.6 is 0 Å². The lowest BCUT2D eigenvalue weighted by Crippen LogP contribution is -2.26. The molecule has 0 radical (unpaired) electrons. The molecule has 0 spiro atoms. The molecule has 0 saturated carbocycles. The highest BCUT2D eigenvalue weighted by Crippen LogP contribution is 2.43. The van der Waals surface area contributed by atoms with Crippen molar-refractivity contribution in [2.75, 3.05) is 6.54 Å². The Morgan fingerprint density at radius 3 is 2.40 bits per heavy atom. The minimum absolute atomic E-state index is 0.119. The summed E-state index contributed by atoms with van der Waals surface area (Å²) in [5.41, 5.74) is 4.57. The van der Waals surface area contributed by atoms with Gasteiger partial charge in [0.15, 0.2) is 5.71 Å². The van der Waals surface area contributed by atoms with Crippen LogP contribution in [0, 0.1) is 5.92 Å². The molecular formula is C24H34N+. The lowest BCUT2D eigenvalue weighted by Gasteiger charge is -2.17. The van der Waals surface area contributed by atoms with Crippen LogP contribution in [0.15, 0.2) is 36.4 Å². The third kappa shape index (κ3) is 3.52. The van der Waals surface area contributed by atoms with Gasteiger partial charge in [-0.3, -0.25) is 0 Å². The zero-order valence-corrected chi connectivity index (χ0v) is 16.7. The van der Waals surface area contributed by atoms with E-state index in [0.29, 0.717) is 0 Å². The Hall–Kier alpha value is -1.63. The highest BCUT2D eigenvalue weighted by Gasteiger charge is 2.43. The molecule has 0 unspecified atom stereocenters. The third-order valence-electron chi connectivity index (χ3n) is 6.05. The molecule has 0 N–H and O–H groups in total. The molecule has 0 aromatic heterocycles. The van der Waals surface area contributed by atoms with Crippen molar-refractivity contribution in [3.8, 4) is 0 Å². The lowest BCUT2D eigenvalue weighted by atomic mass is 9.80. The molecule has 2 aromatic rings. The van der Waals surface area contributed by atoms with Gasteiger partial charge in [0, 0.05) is 25.0 Å². The quantitative estimate of drug-likeness (QED) is 0.384. The van der Waals surface area contributed by atoms with Crippen molar-refractivity contribution in [1.29, 1.82) is 0 Å². The summed E-state index contributed by atoms with van der Waals surface area (Å²) in [6.07, 6.45) is 6.76. The number of hydrogen-bond donors (Lipinski definition) is 0. The van der Waals surface area contributed by atoms with E-state index in [1.807, 2.05) is 0 Å². The van der Waals surface area contributed by atoms with E-state index < -0.39 is 0 Å². The van der Waals surface area contributed by atoms with Crippen molar-refractivity contribution < 1.29 is 4.58 Å². The van der Waals surface area contributed by atoms with Gasteiger partial charge in [0.05, 0.1) is 5.41 Å². The van der Waals surface area contributed by atoms with E-state index in [1.54, 1.807) is 0 Å². The molecule has 1 aliphatic rings. The van der Waals surface area contributed by atoms with Crippen molar-refractivity contribution >= 4 is 22.2 Å². The predicted octanol–water partition coefficient (Wildman–Crippen LogP) is 6.84. The van der Waals surface area contributed by atoms with Crippen LogP contribution in [0.25, 0.3) is 10.8 Å². The molecule has 2 aromatic carbocycles. The molecule has 0 amide bonds. The maximum Gasteiger partial charge on any atom is 0.210 e. The Morgan fingerprint density at radius 2 is 1.64 bits per heavy atom. The summed E-state index contributed by atoms with van der Waals surface area (Å²) in [6.45, 7) is 12.9. The monoisotopic (exact) mass is 336 g/mol. The molecule has 0 fully saturated rings. The molecule has 3 rings (SSSR count). The molecule has 1 heteroatoms. The van der Waals surface area contributed by atoms with Crippen LogP contribution in [0.1, 0.15) is 72.3 Å². The van der Waals surface area contributed by atoms with Crippen molar-refractivity contribution in [2.45, 2.75) is 72.1 Å². The minimum Gasteiger partial charge on any atom is -0.199 e. The van der Waals surface area contributed by atoms with Crippen molar-refractivity contribution in [3.05, 3.63) is 42.0 Å². The largest absolute Gasteiger partial charge is 0.210 e. The fourth-order valence-electron chi connectivity index (χ4n) is 4.31. The van der Waals surface area contributed by atoms with E-state index >= 15 is 0 Å². The van der Waals surface area contributed by atoms with Gasteiger partial charge in [0.2, 0.25) is 5.69 Å². The first-order valence-corrected chi connectivity index (χ1v) is 10.1. The second-order valence-corrected chi connectivity index (χ2v) is 8.64. The average molecular weight is 337 g/mol. The zero-order chi connectivity index (χ0) is 18.0. The highest BCUT2D eigenvalue weighted by molar-refractivity contribution is 6.01. The van der Waals surface area contributed by atoms with Crippen LogP contribution in [-0.2, 0) is 5.41 Å². The van der Waals surface area contributed by atoms with Crippen molar-refractivity contribution in [1.82, 2.24) is 0 Å². The maximum atomic E-state index is 2.59. The van der Waals surface area contributed by atoms with Gasteiger partial charge in [-0.05, 0) is 43.0 Å². The standard InChI is InChI=1S/C24H34N/c1-18(2)12-8-6-7-11-17-25-19(3)24(4,5)23-21-14-10-9-13-20(21)15-16-22(23)25/h9-10,13-16,18H,6-8,11-12,17H2,1-5H3/q+1. The summed E-state index contributed by atoms with van der Waals surface area (Å²) in [5.74, 6) is 0.843. The van der Waals surface area contributed by atoms with Crippen LogP contribution in [0.3, 0.4) is 0 Å². The molecule has 0 bridgehead atoms. The van der Waals surface area contributed by atoms with Crippen molar-refractivity contribution in [3.63, 3.8) is 0 Å². The molecule has 1 nitrogen and oxygen atoms in total. The van der Waals surface area contributed by atoms with Crippen LogP contribution in [0.5, 0.6) is 0 Å². The van der Waals surface area contributed by atoms with E-state index in [0.717, 1.165) is 12.5 Å². The summed E-state index contributed by atoms with van der Waals surface area (Å²) in [5, 5.41) is 2.78. The maximum absolute atomic E-state index is 2.59. The summed E-state index contributed by atoms with van der Waals surface area (Å²) >= 11 is 0. The van der Waals surface area contributed by atoms with Gasteiger partial charge in [-0.1, -0.05) is 57.4 Å².